The summed E-state index contributed by atoms with van der Waals surface area (Å²) in [5.74, 6) is 1.52. The summed E-state index contributed by atoms with van der Waals surface area (Å²) in [5.41, 5.74) is 1.20. The summed E-state index contributed by atoms with van der Waals surface area (Å²) in [7, 11) is 2.13. The number of amides is 1. The molecule has 1 aliphatic heterocycles. The zero-order chi connectivity index (χ0) is 14.4. The van der Waals surface area contributed by atoms with Gasteiger partial charge in [-0.25, -0.2) is 0 Å². The second-order valence-electron chi connectivity index (χ2n) is 5.26. The van der Waals surface area contributed by atoms with Crippen LogP contribution in [0.1, 0.15) is 18.4 Å². The van der Waals surface area contributed by atoms with Gasteiger partial charge in [0.2, 0.25) is 5.91 Å². The molecule has 1 amide bonds. The lowest BCUT2D eigenvalue weighted by atomic mass is 10.1. The van der Waals surface area contributed by atoms with E-state index in [2.05, 4.69) is 17.3 Å². The van der Waals surface area contributed by atoms with E-state index in [9.17, 15) is 4.79 Å². The standard InChI is InChI=1S/C15H21ClN2OS/c1-18-8-6-14(7-9-18)17-15(19)11-20-10-12-2-4-13(16)5-3-12/h2-5,14H,6-11H2,1H3,(H,17,19). The van der Waals surface area contributed by atoms with Crippen LogP contribution in [0, 0.1) is 0 Å². The van der Waals surface area contributed by atoms with Crippen LogP contribution in [-0.4, -0.2) is 42.7 Å². The molecule has 0 aliphatic carbocycles. The Morgan fingerprint density at radius 2 is 2.00 bits per heavy atom. The summed E-state index contributed by atoms with van der Waals surface area (Å²) in [5, 5.41) is 3.88. The number of carbonyl (C=O) groups is 1. The molecular weight excluding hydrogens is 292 g/mol. The number of nitrogens with zero attached hydrogens (tertiary/aromatic N) is 1. The average molecular weight is 313 g/mol. The maximum absolute atomic E-state index is 11.9. The van der Waals surface area contributed by atoms with Gasteiger partial charge in [0.05, 0.1) is 5.75 Å². The number of nitrogens with one attached hydrogen (secondary N) is 1. The lowest BCUT2D eigenvalue weighted by Crippen LogP contribution is -2.43. The summed E-state index contributed by atoms with van der Waals surface area (Å²) in [6, 6.07) is 8.13. The first-order valence-electron chi connectivity index (χ1n) is 6.93. The first kappa shape index (κ1) is 15.7. The molecule has 1 aromatic carbocycles. The minimum absolute atomic E-state index is 0.151. The third kappa shape index (κ3) is 5.35. The smallest absolute Gasteiger partial charge is 0.230 e. The quantitative estimate of drug-likeness (QED) is 0.907. The summed E-state index contributed by atoms with van der Waals surface area (Å²) in [4.78, 5) is 14.2. The van der Waals surface area contributed by atoms with Crippen LogP contribution in [0.5, 0.6) is 0 Å². The maximum Gasteiger partial charge on any atom is 0.230 e. The molecule has 3 nitrogen and oxygen atoms in total. The SMILES string of the molecule is CN1CCC(NC(=O)CSCc2ccc(Cl)cc2)CC1. The van der Waals surface area contributed by atoms with Gasteiger partial charge in [-0.2, -0.15) is 0 Å². The van der Waals surface area contributed by atoms with Gasteiger partial charge in [0.1, 0.15) is 0 Å². The summed E-state index contributed by atoms with van der Waals surface area (Å²) in [6.45, 7) is 2.14. The van der Waals surface area contributed by atoms with Crippen molar-refractivity contribution in [1.29, 1.82) is 0 Å². The van der Waals surface area contributed by atoms with Crippen LogP contribution in [0.4, 0.5) is 0 Å². The maximum atomic E-state index is 11.9. The van der Waals surface area contributed by atoms with Crippen molar-refractivity contribution < 1.29 is 4.79 Å². The summed E-state index contributed by atoms with van der Waals surface area (Å²) in [6.07, 6.45) is 2.12. The van der Waals surface area contributed by atoms with Crippen molar-refractivity contribution in [1.82, 2.24) is 10.2 Å². The Hall–Kier alpha value is -0.710. The number of benzene rings is 1. The summed E-state index contributed by atoms with van der Waals surface area (Å²) < 4.78 is 0. The number of carbonyl (C=O) groups excluding carboxylic acids is 1. The van der Waals surface area contributed by atoms with Gasteiger partial charge in [-0.15, -0.1) is 11.8 Å². The lowest BCUT2D eigenvalue weighted by Gasteiger charge is -2.29. The van der Waals surface area contributed by atoms with E-state index in [0.29, 0.717) is 11.8 Å². The molecule has 0 bridgehead atoms. The van der Waals surface area contributed by atoms with Gasteiger partial charge in [0, 0.05) is 16.8 Å². The molecule has 1 saturated heterocycles. The van der Waals surface area contributed by atoms with E-state index in [4.69, 9.17) is 11.6 Å². The number of hydrogen-bond donors (Lipinski definition) is 1. The highest BCUT2D eigenvalue weighted by molar-refractivity contribution is 7.99. The molecule has 0 spiro atoms. The van der Waals surface area contributed by atoms with Crippen molar-refractivity contribution in [2.24, 2.45) is 0 Å². The van der Waals surface area contributed by atoms with E-state index in [0.717, 1.165) is 36.7 Å². The van der Waals surface area contributed by atoms with Gasteiger partial charge < -0.3 is 10.2 Å². The van der Waals surface area contributed by atoms with Crippen LogP contribution in [0.3, 0.4) is 0 Å². The van der Waals surface area contributed by atoms with Crippen LogP contribution < -0.4 is 5.32 Å². The molecule has 20 heavy (non-hydrogen) atoms. The predicted octanol–water partition coefficient (Wildman–Crippen LogP) is 2.78. The van der Waals surface area contributed by atoms with Crippen LogP contribution in [0.2, 0.25) is 5.02 Å². The van der Waals surface area contributed by atoms with Crippen molar-refractivity contribution in [3.05, 3.63) is 34.9 Å². The molecular formula is C15H21ClN2OS. The number of thioether (sulfide) groups is 1. The molecule has 1 fully saturated rings. The Bertz CT molecular complexity index is 430. The van der Waals surface area contributed by atoms with Gasteiger partial charge in [0.25, 0.3) is 0 Å². The molecule has 5 heteroatoms. The Balaban J connectivity index is 1.64. The second kappa shape index (κ2) is 7.91. The highest BCUT2D eigenvalue weighted by Gasteiger charge is 2.18. The zero-order valence-corrected chi connectivity index (χ0v) is 13.3. The molecule has 110 valence electrons. The normalized spacial score (nSPS) is 17.1. The fourth-order valence-electron chi connectivity index (χ4n) is 2.26. The van der Waals surface area contributed by atoms with Crippen molar-refractivity contribution in [3.63, 3.8) is 0 Å². The molecule has 0 radical (unpaired) electrons. The molecule has 0 saturated carbocycles. The van der Waals surface area contributed by atoms with Gasteiger partial charge in [-0.05, 0) is 50.7 Å². The summed E-state index contributed by atoms with van der Waals surface area (Å²) >= 11 is 7.48. The topological polar surface area (TPSA) is 32.3 Å². The minimum atomic E-state index is 0.151. The van der Waals surface area contributed by atoms with E-state index in [1.165, 1.54) is 5.56 Å². The molecule has 0 atom stereocenters. The molecule has 1 aliphatic rings. The zero-order valence-electron chi connectivity index (χ0n) is 11.8. The van der Waals surface area contributed by atoms with Crippen molar-refractivity contribution in [2.75, 3.05) is 25.9 Å². The number of hydrogen-bond acceptors (Lipinski definition) is 3. The van der Waals surface area contributed by atoms with Crippen molar-refractivity contribution in [2.45, 2.75) is 24.6 Å². The number of likely N-dealkylation sites (tertiary alicyclic amines) is 1. The van der Waals surface area contributed by atoms with Crippen LogP contribution in [-0.2, 0) is 10.5 Å². The molecule has 1 heterocycles. The highest BCUT2D eigenvalue weighted by Crippen LogP contribution is 2.15. The molecule has 2 rings (SSSR count). The molecule has 1 aromatic rings. The monoisotopic (exact) mass is 312 g/mol. The minimum Gasteiger partial charge on any atom is -0.353 e. The molecule has 0 unspecified atom stereocenters. The van der Waals surface area contributed by atoms with Crippen molar-refractivity contribution >= 4 is 29.3 Å². The molecule has 1 N–H and O–H groups in total. The van der Waals surface area contributed by atoms with E-state index in [-0.39, 0.29) is 5.91 Å². The van der Waals surface area contributed by atoms with E-state index in [1.807, 2.05) is 24.3 Å². The number of piperidine rings is 1. The lowest BCUT2D eigenvalue weighted by molar-refractivity contribution is -0.119. The highest BCUT2D eigenvalue weighted by atomic mass is 35.5. The van der Waals surface area contributed by atoms with Crippen LogP contribution in [0.15, 0.2) is 24.3 Å². The Morgan fingerprint density at radius 1 is 1.35 bits per heavy atom. The largest absolute Gasteiger partial charge is 0.353 e. The average Bonchev–Trinajstić information content (AvgIpc) is 2.44. The third-order valence-corrected chi connectivity index (χ3v) is 4.75. The fraction of sp³-hybridized carbons (Fsp3) is 0.533. The van der Waals surface area contributed by atoms with Gasteiger partial charge in [0.15, 0.2) is 0 Å². The Morgan fingerprint density at radius 3 is 2.65 bits per heavy atom. The van der Waals surface area contributed by atoms with Crippen LogP contribution in [0.25, 0.3) is 0 Å². The Kier molecular flexibility index (Phi) is 6.20. The van der Waals surface area contributed by atoms with Gasteiger partial charge in [-0.3, -0.25) is 4.79 Å². The predicted molar refractivity (Wildman–Crippen MR) is 86.3 cm³/mol. The number of halogens is 1. The fourth-order valence-corrected chi connectivity index (χ4v) is 3.19. The van der Waals surface area contributed by atoms with E-state index >= 15 is 0 Å². The first-order chi connectivity index (χ1) is 9.63. The van der Waals surface area contributed by atoms with Crippen LogP contribution >= 0.6 is 23.4 Å². The number of rotatable bonds is 5. The Labute approximate surface area is 130 Å². The van der Waals surface area contributed by atoms with E-state index in [1.54, 1.807) is 11.8 Å². The van der Waals surface area contributed by atoms with Gasteiger partial charge >= 0.3 is 0 Å². The first-order valence-corrected chi connectivity index (χ1v) is 8.47. The van der Waals surface area contributed by atoms with Crippen molar-refractivity contribution in [3.8, 4) is 0 Å². The van der Waals surface area contributed by atoms with E-state index < -0.39 is 0 Å². The second-order valence-corrected chi connectivity index (χ2v) is 6.69. The third-order valence-electron chi connectivity index (χ3n) is 3.50. The van der Waals surface area contributed by atoms with Gasteiger partial charge in [-0.1, -0.05) is 23.7 Å². The molecule has 0 aromatic heterocycles.